The minimum absolute atomic E-state index is 0.683. The lowest BCUT2D eigenvalue weighted by Crippen LogP contribution is -2.20. The Balaban J connectivity index is 2.13. The van der Waals surface area contributed by atoms with Crippen molar-refractivity contribution in [3.05, 3.63) is 65.0 Å². The number of benzene rings is 1. The second-order valence-corrected chi connectivity index (χ2v) is 5.43. The Bertz CT molecular complexity index is 972. The van der Waals surface area contributed by atoms with Crippen LogP contribution < -0.4 is 16.0 Å². The van der Waals surface area contributed by atoms with Crippen LogP contribution in [-0.2, 0) is 13.0 Å². The van der Waals surface area contributed by atoms with Gasteiger partial charge in [0.1, 0.15) is 16.8 Å². The highest BCUT2D eigenvalue weighted by Crippen LogP contribution is 2.18. The van der Waals surface area contributed by atoms with E-state index >= 15 is 0 Å². The summed E-state index contributed by atoms with van der Waals surface area (Å²) in [7, 11) is 0. The van der Waals surface area contributed by atoms with E-state index in [0.717, 1.165) is 34.2 Å². The van der Waals surface area contributed by atoms with Gasteiger partial charge in [0.05, 0.1) is 0 Å². The molecule has 1 aromatic carbocycles. The first kappa shape index (κ1) is 16.0. The molecule has 122 valence electrons. The van der Waals surface area contributed by atoms with Gasteiger partial charge in [0.25, 0.3) is 0 Å². The summed E-state index contributed by atoms with van der Waals surface area (Å²) in [5.74, 6) is 1.52. The largest absolute Gasteiger partial charge is 0.451 e. The summed E-state index contributed by atoms with van der Waals surface area (Å²) < 4.78 is 6.00. The monoisotopic (exact) mass is 319 g/mol. The fourth-order valence-electron chi connectivity index (χ4n) is 2.61. The number of nitrogens with one attached hydrogen (secondary N) is 1. The number of rotatable bonds is 5. The fourth-order valence-corrected chi connectivity index (χ4v) is 2.61. The normalized spacial score (nSPS) is 12.8. The van der Waals surface area contributed by atoms with Crippen LogP contribution in [0.25, 0.3) is 23.3 Å². The predicted molar refractivity (Wildman–Crippen MR) is 99.0 cm³/mol. The molecule has 0 atom stereocenters. The summed E-state index contributed by atoms with van der Waals surface area (Å²) in [4.78, 5) is 9.27. The molecule has 0 spiro atoms. The molecule has 0 aliphatic rings. The molecule has 0 saturated heterocycles. The Morgan fingerprint density at radius 1 is 1.21 bits per heavy atom. The second kappa shape index (κ2) is 7.13. The van der Waals surface area contributed by atoms with E-state index in [1.165, 1.54) is 5.56 Å². The first-order valence-corrected chi connectivity index (χ1v) is 8.13. The van der Waals surface area contributed by atoms with Crippen LogP contribution >= 0.6 is 0 Å². The van der Waals surface area contributed by atoms with Crippen molar-refractivity contribution in [2.45, 2.75) is 26.8 Å². The van der Waals surface area contributed by atoms with Crippen molar-refractivity contribution in [3.63, 3.8) is 0 Å². The van der Waals surface area contributed by atoms with Crippen molar-refractivity contribution in [2.24, 2.45) is 0 Å². The van der Waals surface area contributed by atoms with Crippen molar-refractivity contribution in [3.8, 4) is 0 Å². The van der Waals surface area contributed by atoms with Crippen LogP contribution in [0, 0.1) is 0 Å². The summed E-state index contributed by atoms with van der Waals surface area (Å²) in [6.07, 6.45) is 6.38. The number of fused-ring (bicyclic) bond motifs is 1. The zero-order valence-electron chi connectivity index (χ0n) is 14.0. The maximum atomic E-state index is 6.00. The summed E-state index contributed by atoms with van der Waals surface area (Å²) in [5.41, 5.74) is 3.49. The number of anilines is 1. The lowest BCUT2D eigenvalue weighted by molar-refractivity contribution is 0.573. The molecule has 0 bridgehead atoms. The van der Waals surface area contributed by atoms with Crippen LogP contribution in [0.1, 0.15) is 25.2 Å². The van der Waals surface area contributed by atoms with E-state index in [1.54, 1.807) is 6.08 Å². The topological polar surface area (TPSA) is 51.0 Å². The molecule has 0 radical (unpaired) electrons. The fraction of sp³-hybridized carbons (Fsp3) is 0.200. The molecule has 0 unspecified atom stereocenters. The number of nitrogens with zero attached hydrogens (tertiary/aromatic N) is 2. The molecule has 1 N–H and O–H groups in total. The standard InChI is InChI=1S/C20H21N3O/c1-4-10-15-16(5-2)24-19-18(15)22-17(6-3)23-20(19)21-13-14-11-8-7-9-12-14/h4-5,7-12H,1,6,13H2,2-3H3,(H,21,22,23)/b15-10+,16-5+. The van der Waals surface area contributed by atoms with E-state index in [-0.39, 0.29) is 0 Å². The van der Waals surface area contributed by atoms with Crippen LogP contribution in [0.3, 0.4) is 0 Å². The molecule has 0 saturated carbocycles. The van der Waals surface area contributed by atoms with E-state index in [4.69, 9.17) is 4.42 Å². The number of hydrogen-bond acceptors (Lipinski definition) is 4. The maximum absolute atomic E-state index is 6.00. The van der Waals surface area contributed by atoms with Gasteiger partial charge in [-0.2, -0.15) is 0 Å². The molecule has 0 fully saturated rings. The molecule has 24 heavy (non-hydrogen) atoms. The Morgan fingerprint density at radius 2 is 2.00 bits per heavy atom. The van der Waals surface area contributed by atoms with Crippen molar-refractivity contribution >= 4 is 29.1 Å². The van der Waals surface area contributed by atoms with Crippen LogP contribution in [0.5, 0.6) is 0 Å². The van der Waals surface area contributed by atoms with Gasteiger partial charge in [-0.25, -0.2) is 9.97 Å². The number of aryl methyl sites for hydroxylation is 1. The zero-order chi connectivity index (χ0) is 16.9. The SMILES string of the molecule is C=C/C=c1\c(=C/C)oc2c(NCc3ccccc3)nc(CC)nc12. The molecule has 0 amide bonds. The van der Waals surface area contributed by atoms with Gasteiger partial charge in [0, 0.05) is 18.2 Å². The maximum Gasteiger partial charge on any atom is 0.196 e. The minimum Gasteiger partial charge on any atom is -0.451 e. The number of allylic oxidation sites excluding steroid dienone is 1. The smallest absolute Gasteiger partial charge is 0.196 e. The van der Waals surface area contributed by atoms with Gasteiger partial charge < -0.3 is 9.73 Å². The molecular weight excluding hydrogens is 298 g/mol. The highest BCUT2D eigenvalue weighted by Gasteiger charge is 2.13. The van der Waals surface area contributed by atoms with Gasteiger partial charge in [0.2, 0.25) is 0 Å². The Kier molecular flexibility index (Phi) is 4.75. The average Bonchev–Trinajstić information content (AvgIpc) is 2.98. The molecule has 0 aliphatic heterocycles. The van der Waals surface area contributed by atoms with E-state index < -0.39 is 0 Å². The minimum atomic E-state index is 0.683. The molecule has 4 heteroatoms. The van der Waals surface area contributed by atoms with E-state index in [9.17, 15) is 0 Å². The Labute approximate surface area is 141 Å². The molecular formula is C20H21N3O. The van der Waals surface area contributed by atoms with Gasteiger partial charge in [-0.1, -0.05) is 49.9 Å². The average molecular weight is 319 g/mol. The van der Waals surface area contributed by atoms with E-state index in [1.807, 2.05) is 44.2 Å². The van der Waals surface area contributed by atoms with E-state index in [0.29, 0.717) is 12.1 Å². The Hall–Kier alpha value is -2.88. The third-order valence-corrected chi connectivity index (χ3v) is 3.81. The summed E-state index contributed by atoms with van der Waals surface area (Å²) in [6.45, 7) is 8.47. The molecule has 0 aliphatic carbocycles. The second-order valence-electron chi connectivity index (χ2n) is 5.43. The summed E-state index contributed by atoms with van der Waals surface area (Å²) in [5, 5.41) is 4.33. The van der Waals surface area contributed by atoms with Crippen LogP contribution in [-0.4, -0.2) is 9.97 Å². The highest BCUT2D eigenvalue weighted by atomic mass is 16.3. The molecule has 2 heterocycles. The van der Waals surface area contributed by atoms with Crippen molar-refractivity contribution < 1.29 is 4.42 Å². The van der Waals surface area contributed by atoms with Crippen molar-refractivity contribution in [2.75, 3.05) is 5.32 Å². The molecule has 4 nitrogen and oxygen atoms in total. The van der Waals surface area contributed by atoms with Crippen molar-refractivity contribution in [1.82, 2.24) is 9.97 Å². The van der Waals surface area contributed by atoms with Crippen LogP contribution in [0.4, 0.5) is 5.82 Å². The highest BCUT2D eigenvalue weighted by molar-refractivity contribution is 5.85. The zero-order valence-corrected chi connectivity index (χ0v) is 14.0. The van der Waals surface area contributed by atoms with Crippen molar-refractivity contribution in [1.29, 1.82) is 0 Å². The lowest BCUT2D eigenvalue weighted by Gasteiger charge is -2.07. The number of furan rings is 1. The third-order valence-electron chi connectivity index (χ3n) is 3.81. The Morgan fingerprint density at radius 3 is 2.67 bits per heavy atom. The third kappa shape index (κ3) is 3.08. The van der Waals surface area contributed by atoms with Crippen LogP contribution in [0.2, 0.25) is 0 Å². The number of aromatic nitrogens is 2. The first-order valence-electron chi connectivity index (χ1n) is 8.13. The van der Waals surface area contributed by atoms with Gasteiger partial charge in [-0.3, -0.25) is 0 Å². The molecule has 2 aromatic heterocycles. The van der Waals surface area contributed by atoms with Gasteiger partial charge in [-0.15, -0.1) is 0 Å². The van der Waals surface area contributed by atoms with Gasteiger partial charge >= 0.3 is 0 Å². The molecule has 3 rings (SSSR count). The summed E-state index contributed by atoms with van der Waals surface area (Å²) in [6, 6.07) is 10.2. The first-order chi connectivity index (χ1) is 11.8. The quantitative estimate of drug-likeness (QED) is 0.785. The molecule has 3 aromatic rings. The van der Waals surface area contributed by atoms with Crippen LogP contribution in [0.15, 0.2) is 47.4 Å². The van der Waals surface area contributed by atoms with E-state index in [2.05, 4.69) is 34.0 Å². The predicted octanol–water partition coefficient (Wildman–Crippen LogP) is 3.16. The van der Waals surface area contributed by atoms with Gasteiger partial charge in [0.15, 0.2) is 11.4 Å². The number of hydrogen-bond donors (Lipinski definition) is 1. The lowest BCUT2D eigenvalue weighted by atomic mass is 10.2. The van der Waals surface area contributed by atoms with Gasteiger partial charge in [-0.05, 0) is 24.6 Å². The summed E-state index contributed by atoms with van der Waals surface area (Å²) >= 11 is 0.